The van der Waals surface area contributed by atoms with Crippen molar-refractivity contribution >= 4 is 22.9 Å². The van der Waals surface area contributed by atoms with E-state index in [1.807, 2.05) is 0 Å². The molecule has 0 radical (unpaired) electrons. The number of non-ortho nitro benzene ring substituents is 1. The summed E-state index contributed by atoms with van der Waals surface area (Å²) in [6.07, 6.45) is -3.76. The van der Waals surface area contributed by atoms with Crippen molar-refractivity contribution in [1.29, 1.82) is 0 Å². The monoisotopic (exact) mass is 362 g/mol. The number of anilines is 1. The number of carbonyl (C=O) groups excluding carboxylic acids is 1. The average molecular weight is 362 g/mol. The van der Waals surface area contributed by atoms with E-state index in [0.717, 1.165) is 0 Å². The van der Waals surface area contributed by atoms with Crippen LogP contribution in [0, 0.1) is 10.1 Å². The number of allylic oxidation sites excluding steroid dienone is 1. The van der Waals surface area contributed by atoms with E-state index in [-0.39, 0.29) is 17.8 Å². The summed E-state index contributed by atoms with van der Waals surface area (Å²) < 4.78 is 40.1. The fourth-order valence-corrected chi connectivity index (χ4v) is 2.88. The van der Waals surface area contributed by atoms with E-state index in [2.05, 4.69) is 0 Å². The quantitative estimate of drug-likeness (QED) is 0.469. The molecule has 8 heteroatoms. The first-order valence-corrected chi connectivity index (χ1v) is 7.70. The number of carbonyl (C=O) groups is 1. The number of halogens is 3. The molecule has 5 nitrogen and oxygen atoms in total. The van der Waals surface area contributed by atoms with E-state index in [1.54, 1.807) is 6.07 Å². The van der Waals surface area contributed by atoms with Gasteiger partial charge in [0.15, 0.2) is 0 Å². The van der Waals surface area contributed by atoms with Crippen molar-refractivity contribution in [1.82, 2.24) is 0 Å². The molecule has 0 saturated heterocycles. The van der Waals surface area contributed by atoms with Gasteiger partial charge >= 0.3 is 6.18 Å². The Morgan fingerprint density at radius 2 is 1.85 bits per heavy atom. The van der Waals surface area contributed by atoms with E-state index in [4.69, 9.17) is 0 Å². The highest BCUT2D eigenvalue weighted by molar-refractivity contribution is 6.07. The third-order valence-electron chi connectivity index (χ3n) is 4.09. The van der Waals surface area contributed by atoms with Crippen LogP contribution in [0.2, 0.25) is 0 Å². The number of fused-ring (bicyclic) bond motifs is 1. The zero-order chi connectivity index (χ0) is 18.9. The maximum Gasteiger partial charge on any atom is 0.417 e. The maximum atomic E-state index is 13.4. The fourth-order valence-electron chi connectivity index (χ4n) is 2.88. The number of rotatable bonds is 3. The molecule has 1 heterocycles. The number of hydrogen-bond acceptors (Lipinski definition) is 3. The van der Waals surface area contributed by atoms with Crippen molar-refractivity contribution in [3.05, 3.63) is 75.8 Å². The Morgan fingerprint density at radius 1 is 1.15 bits per heavy atom. The second kappa shape index (κ2) is 6.62. The minimum Gasteiger partial charge on any atom is -0.308 e. The molecule has 0 spiro atoms. The van der Waals surface area contributed by atoms with Gasteiger partial charge in [-0.3, -0.25) is 14.9 Å². The van der Waals surface area contributed by atoms with Gasteiger partial charge in [-0.2, -0.15) is 13.2 Å². The van der Waals surface area contributed by atoms with E-state index in [9.17, 15) is 28.1 Å². The topological polar surface area (TPSA) is 63.5 Å². The minimum absolute atomic E-state index is 0.100. The molecular formula is C18H13F3N2O3. The lowest BCUT2D eigenvalue weighted by Gasteiger charge is -2.17. The van der Waals surface area contributed by atoms with Gasteiger partial charge in [-0.15, -0.1) is 0 Å². The molecular weight excluding hydrogens is 349 g/mol. The first kappa shape index (κ1) is 17.7. The lowest BCUT2D eigenvalue weighted by molar-refractivity contribution is -0.384. The van der Waals surface area contributed by atoms with Gasteiger partial charge < -0.3 is 4.90 Å². The molecule has 0 N–H and O–H groups in total. The van der Waals surface area contributed by atoms with Gasteiger partial charge in [-0.05, 0) is 23.6 Å². The molecule has 0 fully saturated rings. The molecule has 0 saturated carbocycles. The van der Waals surface area contributed by atoms with Crippen LogP contribution in [0.3, 0.4) is 0 Å². The summed E-state index contributed by atoms with van der Waals surface area (Å²) in [5, 5.41) is 10.8. The average Bonchev–Trinajstić information content (AvgIpc) is 3.02. The molecule has 0 aromatic heterocycles. The van der Waals surface area contributed by atoms with Gasteiger partial charge in [-0.1, -0.05) is 30.3 Å². The largest absolute Gasteiger partial charge is 0.417 e. The van der Waals surface area contributed by atoms with Crippen LogP contribution in [-0.2, 0) is 11.2 Å². The fraction of sp³-hybridized carbons (Fsp3) is 0.167. The van der Waals surface area contributed by atoms with Crippen LogP contribution in [0.15, 0.2) is 54.6 Å². The molecule has 1 aliphatic rings. The Hall–Kier alpha value is -3.16. The van der Waals surface area contributed by atoms with E-state index >= 15 is 0 Å². The van der Waals surface area contributed by atoms with Crippen LogP contribution >= 0.6 is 0 Å². The highest BCUT2D eigenvalue weighted by Crippen LogP contribution is 2.36. The molecule has 0 unspecified atom stereocenters. The van der Waals surface area contributed by atoms with Crippen LogP contribution in [0.4, 0.5) is 24.5 Å². The van der Waals surface area contributed by atoms with E-state index in [1.165, 1.54) is 47.4 Å². The standard InChI is InChI=1S/C18H13F3N2O3/c19-18(20,21)15(12-4-2-1-3-5-12)11-17(24)22-9-8-13-10-14(23(25)26)6-7-16(13)22/h1-7,10-11H,8-9H2/b15-11-. The summed E-state index contributed by atoms with van der Waals surface area (Å²) in [5.41, 5.74) is -0.288. The lowest BCUT2D eigenvalue weighted by atomic mass is 10.0. The molecule has 2 aromatic carbocycles. The predicted octanol–water partition coefficient (Wildman–Crippen LogP) is 4.13. The van der Waals surface area contributed by atoms with Crippen molar-refractivity contribution in [2.45, 2.75) is 12.6 Å². The predicted molar refractivity (Wildman–Crippen MR) is 89.6 cm³/mol. The Bertz CT molecular complexity index is 892. The number of nitro benzene ring substituents is 1. The highest BCUT2D eigenvalue weighted by atomic mass is 19.4. The molecule has 134 valence electrons. The molecule has 0 atom stereocenters. The van der Waals surface area contributed by atoms with Crippen LogP contribution < -0.4 is 4.90 Å². The van der Waals surface area contributed by atoms with Gasteiger partial charge in [0.1, 0.15) is 0 Å². The SMILES string of the molecule is O=C(/C=C(/c1ccccc1)C(F)(F)F)N1CCc2cc([N+](=O)[O-])ccc21. The van der Waals surface area contributed by atoms with E-state index in [0.29, 0.717) is 23.7 Å². The normalized spacial score (nSPS) is 14.3. The first-order valence-electron chi connectivity index (χ1n) is 7.70. The summed E-state index contributed by atoms with van der Waals surface area (Å²) >= 11 is 0. The zero-order valence-electron chi connectivity index (χ0n) is 13.4. The number of hydrogen-bond donors (Lipinski definition) is 0. The molecule has 1 amide bonds. The molecule has 3 rings (SSSR count). The minimum atomic E-state index is -4.69. The van der Waals surface area contributed by atoms with E-state index < -0.39 is 22.6 Å². The number of nitrogens with zero attached hydrogens (tertiary/aromatic N) is 2. The second-order valence-corrected chi connectivity index (χ2v) is 5.73. The maximum absolute atomic E-state index is 13.4. The number of alkyl halides is 3. The van der Waals surface area contributed by atoms with Gasteiger partial charge in [-0.25, -0.2) is 0 Å². The Labute approximate surface area is 146 Å². The van der Waals surface area contributed by atoms with Crippen molar-refractivity contribution in [2.75, 3.05) is 11.4 Å². The molecule has 1 aliphatic heterocycles. The molecule has 2 aromatic rings. The Morgan fingerprint density at radius 3 is 2.46 bits per heavy atom. The summed E-state index contributed by atoms with van der Waals surface area (Å²) in [6.45, 7) is 0.172. The summed E-state index contributed by atoms with van der Waals surface area (Å²) in [6, 6.07) is 11.0. The third-order valence-corrected chi connectivity index (χ3v) is 4.09. The molecule has 0 bridgehead atoms. The van der Waals surface area contributed by atoms with Gasteiger partial charge in [0.2, 0.25) is 0 Å². The highest BCUT2D eigenvalue weighted by Gasteiger charge is 2.36. The Kier molecular flexibility index (Phi) is 4.50. The van der Waals surface area contributed by atoms with Crippen LogP contribution in [0.1, 0.15) is 11.1 Å². The number of amides is 1. The number of nitro groups is 1. The third kappa shape index (κ3) is 3.44. The first-order chi connectivity index (χ1) is 12.3. The van der Waals surface area contributed by atoms with Crippen molar-refractivity contribution < 1.29 is 22.9 Å². The van der Waals surface area contributed by atoms with Gasteiger partial charge in [0.05, 0.1) is 10.5 Å². The van der Waals surface area contributed by atoms with Crippen LogP contribution in [0.25, 0.3) is 5.57 Å². The van der Waals surface area contributed by atoms with Crippen LogP contribution in [0.5, 0.6) is 0 Å². The van der Waals surface area contributed by atoms with Crippen LogP contribution in [-0.4, -0.2) is 23.6 Å². The van der Waals surface area contributed by atoms with Crippen molar-refractivity contribution in [3.8, 4) is 0 Å². The molecule has 26 heavy (non-hydrogen) atoms. The Balaban J connectivity index is 1.95. The summed E-state index contributed by atoms with van der Waals surface area (Å²) in [7, 11) is 0. The zero-order valence-corrected chi connectivity index (χ0v) is 13.4. The smallest absolute Gasteiger partial charge is 0.308 e. The summed E-state index contributed by atoms with van der Waals surface area (Å²) in [5.74, 6) is -0.811. The van der Waals surface area contributed by atoms with Gasteiger partial charge in [0.25, 0.3) is 11.6 Å². The molecule has 0 aliphatic carbocycles. The van der Waals surface area contributed by atoms with Gasteiger partial charge in [0, 0.05) is 30.4 Å². The van der Waals surface area contributed by atoms with Crippen molar-refractivity contribution in [3.63, 3.8) is 0 Å². The number of benzene rings is 2. The van der Waals surface area contributed by atoms with Crippen molar-refractivity contribution in [2.24, 2.45) is 0 Å². The second-order valence-electron chi connectivity index (χ2n) is 5.73. The summed E-state index contributed by atoms with van der Waals surface area (Å²) in [4.78, 5) is 23.9. The lowest BCUT2D eigenvalue weighted by Crippen LogP contribution is -2.28.